The zero-order valence-corrected chi connectivity index (χ0v) is 20.9. The summed E-state index contributed by atoms with van der Waals surface area (Å²) in [5.74, 6) is 0. The van der Waals surface area contributed by atoms with E-state index in [9.17, 15) is 0 Å². The van der Waals surface area contributed by atoms with E-state index < -0.39 is 8.07 Å². The average molecular weight is 473 g/mol. The maximum absolute atomic E-state index is 5.22. The van der Waals surface area contributed by atoms with E-state index in [0.717, 1.165) is 5.54 Å². The summed E-state index contributed by atoms with van der Waals surface area (Å²) in [6.07, 6.45) is 6.23. The Morgan fingerprint density at radius 1 is 0.862 bits per heavy atom. The summed E-state index contributed by atoms with van der Waals surface area (Å²) in [4.78, 5) is 0. The molecule has 0 fully saturated rings. The van der Waals surface area contributed by atoms with Crippen LogP contribution in [0.4, 0.5) is 0 Å². The van der Waals surface area contributed by atoms with Crippen molar-refractivity contribution in [3.05, 3.63) is 94.5 Å². The van der Waals surface area contributed by atoms with Gasteiger partial charge in [-0.25, -0.2) is 0 Å². The minimum absolute atomic E-state index is 0.654. The minimum atomic E-state index is -1.04. The van der Waals surface area contributed by atoms with E-state index in [1.165, 1.54) is 39.0 Å². The molecule has 2 aliphatic heterocycles. The molecule has 2 aromatic carbocycles. The summed E-state index contributed by atoms with van der Waals surface area (Å²) in [6.45, 7) is 9.44. The van der Waals surface area contributed by atoms with E-state index in [4.69, 9.17) is 4.42 Å². The van der Waals surface area contributed by atoms with Gasteiger partial charge in [0.1, 0.15) is 0 Å². The number of fused-ring (bicyclic) bond motifs is 1. The van der Waals surface area contributed by atoms with Crippen LogP contribution in [0.1, 0.15) is 45.3 Å². The van der Waals surface area contributed by atoms with Crippen LogP contribution >= 0.6 is 0 Å². The molecule has 4 aliphatic rings. The van der Waals surface area contributed by atoms with Crippen molar-refractivity contribution in [1.82, 2.24) is 0 Å². The van der Waals surface area contributed by atoms with Gasteiger partial charge in [0, 0.05) is 16.7 Å². The molecule has 1 nitrogen and oxygen atoms in total. The standard InChI is InChI=1S/C16H13.C10H12OSi.Zr/c1-12-10-14-8-5-9-15(16(14)11-12)13-6-3-2-4-7-13;1-6-9-7-4-11-5-8(7)10(6)12(9,2)3;/h2-11H,1H3;4-5,9H,1-3H3;. The first-order valence-electron chi connectivity index (χ1n) is 10.3. The van der Waals surface area contributed by atoms with Crippen LogP contribution in [0.15, 0.2) is 76.6 Å². The maximum atomic E-state index is 5.22. The third-order valence-electron chi connectivity index (χ3n) is 6.83. The molecule has 0 spiro atoms. The summed E-state index contributed by atoms with van der Waals surface area (Å²) in [6, 6.07) is 17.3. The summed E-state index contributed by atoms with van der Waals surface area (Å²) >= 11 is 1.58. The fraction of sp³-hybridized carbons (Fsp3) is 0.231. The van der Waals surface area contributed by atoms with Crippen molar-refractivity contribution in [1.29, 1.82) is 0 Å². The molecular formula is C26H25OSiZr. The first kappa shape index (κ1) is 19.3. The SMILES string of the molecule is CC1=C2c3cocc3C1[Si]2(C)C.CC1=Cc2c(-c3ccccc3)cccc2[CH]1[Zr]. The molecule has 3 heteroatoms. The van der Waals surface area contributed by atoms with Crippen molar-refractivity contribution in [2.45, 2.75) is 36.1 Å². The molecule has 1 aromatic heterocycles. The Labute approximate surface area is 189 Å². The van der Waals surface area contributed by atoms with E-state index in [1.54, 1.807) is 35.5 Å². The van der Waals surface area contributed by atoms with E-state index >= 15 is 0 Å². The first-order chi connectivity index (χ1) is 13.9. The quantitative estimate of drug-likeness (QED) is 0.338. The van der Waals surface area contributed by atoms with Gasteiger partial charge in [0.25, 0.3) is 0 Å². The Balaban J connectivity index is 0.000000132. The Bertz CT molecular complexity index is 1170. The molecule has 0 saturated heterocycles. The zero-order chi connectivity index (χ0) is 20.3. The van der Waals surface area contributed by atoms with Crippen molar-refractivity contribution >= 4 is 19.3 Å². The van der Waals surface area contributed by atoms with Crippen molar-refractivity contribution in [2.24, 2.45) is 0 Å². The second-order valence-corrected chi connectivity index (χ2v) is 14.9. The molecule has 2 atom stereocenters. The van der Waals surface area contributed by atoms with Crippen molar-refractivity contribution < 1.29 is 29.1 Å². The van der Waals surface area contributed by atoms with Crippen molar-refractivity contribution in [3.8, 4) is 11.1 Å². The molecule has 7 rings (SSSR count). The van der Waals surface area contributed by atoms with E-state index in [1.807, 2.05) is 12.5 Å². The first-order valence-corrected chi connectivity index (χ1v) is 14.8. The van der Waals surface area contributed by atoms with Crippen LogP contribution < -0.4 is 0 Å². The number of benzene rings is 2. The molecule has 2 aliphatic carbocycles. The molecule has 143 valence electrons. The molecule has 2 bridgehead atoms. The van der Waals surface area contributed by atoms with Gasteiger partial charge in [-0.1, -0.05) is 18.7 Å². The van der Waals surface area contributed by atoms with Crippen LogP contribution in [-0.2, 0) is 24.7 Å². The van der Waals surface area contributed by atoms with Gasteiger partial charge in [-0.05, 0) is 12.1 Å². The third kappa shape index (κ3) is 2.81. The number of hydrogen-bond donors (Lipinski definition) is 0. The zero-order valence-electron chi connectivity index (χ0n) is 17.4. The Kier molecular flexibility index (Phi) is 4.60. The molecule has 0 N–H and O–H groups in total. The van der Waals surface area contributed by atoms with Gasteiger partial charge >= 0.3 is 118 Å². The van der Waals surface area contributed by atoms with Crippen LogP contribution in [0, 0.1) is 0 Å². The molecule has 3 aromatic rings. The monoisotopic (exact) mass is 471 g/mol. The van der Waals surface area contributed by atoms with Gasteiger partial charge in [0.15, 0.2) is 0 Å². The number of hydrogen-bond acceptors (Lipinski definition) is 1. The molecule has 29 heavy (non-hydrogen) atoms. The Morgan fingerprint density at radius 2 is 1.62 bits per heavy atom. The molecule has 0 radical (unpaired) electrons. The van der Waals surface area contributed by atoms with Crippen LogP contribution in [0.5, 0.6) is 0 Å². The van der Waals surface area contributed by atoms with Gasteiger partial charge in [-0.2, -0.15) is 0 Å². The van der Waals surface area contributed by atoms with E-state index in [-0.39, 0.29) is 0 Å². The fourth-order valence-electron chi connectivity index (χ4n) is 5.60. The van der Waals surface area contributed by atoms with Crippen LogP contribution in [-0.4, -0.2) is 8.07 Å². The number of allylic oxidation sites excluding steroid dienone is 2. The predicted molar refractivity (Wildman–Crippen MR) is 120 cm³/mol. The van der Waals surface area contributed by atoms with Crippen molar-refractivity contribution in [2.75, 3.05) is 0 Å². The second-order valence-electron chi connectivity index (χ2n) is 8.95. The summed E-state index contributed by atoms with van der Waals surface area (Å²) in [7, 11) is -1.04. The molecule has 3 heterocycles. The summed E-state index contributed by atoms with van der Waals surface area (Å²) in [5, 5.41) is 1.66. The van der Waals surface area contributed by atoms with Gasteiger partial charge in [-0.3, -0.25) is 0 Å². The Morgan fingerprint density at radius 3 is 2.31 bits per heavy atom. The van der Waals surface area contributed by atoms with E-state index in [0.29, 0.717) is 3.63 Å². The second kappa shape index (κ2) is 6.93. The molecule has 0 amide bonds. The fourth-order valence-corrected chi connectivity index (χ4v) is 10.8. The van der Waals surface area contributed by atoms with Gasteiger partial charge in [0.2, 0.25) is 0 Å². The molecule has 0 saturated carbocycles. The van der Waals surface area contributed by atoms with E-state index in [2.05, 4.69) is 81.5 Å². The topological polar surface area (TPSA) is 13.1 Å². The molecule has 2 unspecified atom stereocenters. The average Bonchev–Trinajstić information content (AvgIpc) is 3.40. The number of furan rings is 1. The van der Waals surface area contributed by atoms with Crippen molar-refractivity contribution in [3.63, 3.8) is 0 Å². The van der Waals surface area contributed by atoms with Gasteiger partial charge in [-0.15, -0.1) is 0 Å². The van der Waals surface area contributed by atoms with Gasteiger partial charge < -0.3 is 4.42 Å². The number of rotatable bonds is 1. The molecular weight excluding hydrogens is 448 g/mol. The van der Waals surface area contributed by atoms with Crippen LogP contribution in [0.2, 0.25) is 13.1 Å². The third-order valence-corrected chi connectivity index (χ3v) is 12.9. The summed E-state index contributed by atoms with van der Waals surface area (Å²) < 4.78 is 5.87. The predicted octanol–water partition coefficient (Wildman–Crippen LogP) is 7.31. The Hall–Kier alpha value is -1.70. The normalized spacial score (nSPS) is 22.2. The summed E-state index contributed by atoms with van der Waals surface area (Å²) in [5.41, 5.74) is 12.4. The van der Waals surface area contributed by atoms with Crippen LogP contribution in [0.25, 0.3) is 22.4 Å². The van der Waals surface area contributed by atoms with Crippen LogP contribution in [0.3, 0.4) is 0 Å². The van der Waals surface area contributed by atoms with Gasteiger partial charge in [0.05, 0.1) is 20.6 Å².